The van der Waals surface area contributed by atoms with Crippen LogP contribution in [-0.4, -0.2) is 56.1 Å². The Morgan fingerprint density at radius 2 is 1.74 bits per heavy atom. The molecule has 9 heteroatoms. The molecule has 0 radical (unpaired) electrons. The third-order valence-corrected chi connectivity index (χ3v) is 6.52. The minimum Gasteiger partial charge on any atom is -0.493 e. The molecule has 3 aromatic carbocycles. The first-order chi connectivity index (χ1) is 18.4. The van der Waals surface area contributed by atoms with E-state index >= 15 is 0 Å². The number of nitrogens with zero attached hydrogens (tertiary/aromatic N) is 1. The quantitative estimate of drug-likeness (QED) is 0.419. The largest absolute Gasteiger partial charge is 0.493 e. The molecular weight excluding hydrogens is 488 g/mol. The molecule has 5 rings (SSSR count). The Hall–Kier alpha value is -4.37. The van der Waals surface area contributed by atoms with E-state index in [1.165, 1.54) is 4.90 Å². The standard InChI is InChI=1S/C29H28N2O7/c1-35-25-11-8-18(13-26(25)36-2)14-27(32)30-19-5-3-6-20(15-19)38-21-9-10-23-24(16-21)29(34)31(28(23)33)17-22-7-4-12-37-22/h3,5-6,8-11,13,15-16,22H,4,7,12,14,17H2,1-2H3,(H,30,32). The molecule has 0 saturated carbocycles. The van der Waals surface area contributed by atoms with Gasteiger partial charge in [0.05, 0.1) is 44.4 Å². The average Bonchev–Trinajstić information content (AvgIpc) is 3.51. The van der Waals surface area contributed by atoms with E-state index in [-0.39, 0.29) is 36.8 Å². The highest BCUT2D eigenvalue weighted by Crippen LogP contribution is 2.31. The molecule has 1 unspecified atom stereocenters. The van der Waals surface area contributed by atoms with Crippen LogP contribution in [0.2, 0.25) is 0 Å². The van der Waals surface area contributed by atoms with E-state index in [4.69, 9.17) is 18.9 Å². The molecule has 1 saturated heterocycles. The van der Waals surface area contributed by atoms with Crippen molar-refractivity contribution in [1.82, 2.24) is 4.90 Å². The van der Waals surface area contributed by atoms with E-state index in [2.05, 4.69) is 5.32 Å². The second-order valence-corrected chi connectivity index (χ2v) is 9.11. The van der Waals surface area contributed by atoms with Gasteiger partial charge in [-0.2, -0.15) is 0 Å². The number of hydrogen-bond donors (Lipinski definition) is 1. The van der Waals surface area contributed by atoms with Gasteiger partial charge in [0.25, 0.3) is 11.8 Å². The predicted molar refractivity (Wildman–Crippen MR) is 139 cm³/mol. The summed E-state index contributed by atoms with van der Waals surface area (Å²) >= 11 is 0. The number of nitrogens with one attached hydrogen (secondary N) is 1. The number of fused-ring (bicyclic) bond motifs is 1. The van der Waals surface area contributed by atoms with Crippen LogP contribution in [0.1, 0.15) is 39.1 Å². The molecule has 3 amide bonds. The van der Waals surface area contributed by atoms with Crippen LogP contribution in [0.4, 0.5) is 5.69 Å². The molecule has 2 aliphatic rings. The molecule has 2 aliphatic heterocycles. The third-order valence-electron chi connectivity index (χ3n) is 6.52. The van der Waals surface area contributed by atoms with Crippen LogP contribution in [0, 0.1) is 0 Å². The van der Waals surface area contributed by atoms with E-state index in [1.807, 2.05) is 6.07 Å². The smallest absolute Gasteiger partial charge is 0.261 e. The molecule has 0 bridgehead atoms. The van der Waals surface area contributed by atoms with Crippen molar-refractivity contribution in [1.29, 1.82) is 0 Å². The van der Waals surface area contributed by atoms with Crippen LogP contribution in [0.3, 0.4) is 0 Å². The number of amides is 3. The van der Waals surface area contributed by atoms with Gasteiger partial charge in [0.2, 0.25) is 5.91 Å². The Morgan fingerprint density at radius 3 is 2.50 bits per heavy atom. The van der Waals surface area contributed by atoms with Gasteiger partial charge in [-0.1, -0.05) is 12.1 Å². The maximum absolute atomic E-state index is 12.9. The van der Waals surface area contributed by atoms with Crippen LogP contribution in [0.5, 0.6) is 23.0 Å². The molecule has 1 fully saturated rings. The number of imide groups is 1. The van der Waals surface area contributed by atoms with Crippen molar-refractivity contribution < 1.29 is 33.3 Å². The van der Waals surface area contributed by atoms with Crippen molar-refractivity contribution in [3.05, 3.63) is 77.4 Å². The lowest BCUT2D eigenvalue weighted by Crippen LogP contribution is -2.36. The topological polar surface area (TPSA) is 103 Å². The van der Waals surface area contributed by atoms with Gasteiger partial charge >= 0.3 is 0 Å². The van der Waals surface area contributed by atoms with Gasteiger partial charge in [-0.15, -0.1) is 0 Å². The molecule has 0 spiro atoms. The molecule has 38 heavy (non-hydrogen) atoms. The van der Waals surface area contributed by atoms with E-state index < -0.39 is 0 Å². The minimum atomic E-state index is -0.345. The second kappa shape index (κ2) is 10.9. The highest BCUT2D eigenvalue weighted by atomic mass is 16.5. The summed E-state index contributed by atoms with van der Waals surface area (Å²) in [6.45, 7) is 0.912. The predicted octanol–water partition coefficient (Wildman–Crippen LogP) is 4.45. The highest BCUT2D eigenvalue weighted by Gasteiger charge is 2.37. The van der Waals surface area contributed by atoms with Crippen molar-refractivity contribution >= 4 is 23.4 Å². The zero-order chi connectivity index (χ0) is 26.6. The summed E-state index contributed by atoms with van der Waals surface area (Å²) in [6.07, 6.45) is 1.80. The van der Waals surface area contributed by atoms with Crippen LogP contribution in [-0.2, 0) is 16.0 Å². The first kappa shape index (κ1) is 25.3. The van der Waals surface area contributed by atoms with E-state index in [9.17, 15) is 14.4 Å². The van der Waals surface area contributed by atoms with Crippen molar-refractivity contribution in [3.63, 3.8) is 0 Å². The molecular formula is C29H28N2O7. The van der Waals surface area contributed by atoms with Crippen molar-refractivity contribution in [2.24, 2.45) is 0 Å². The summed E-state index contributed by atoms with van der Waals surface area (Å²) < 4.78 is 22.1. The lowest BCUT2D eigenvalue weighted by molar-refractivity contribution is -0.115. The zero-order valence-corrected chi connectivity index (χ0v) is 21.2. The fraction of sp³-hybridized carbons (Fsp3) is 0.276. The second-order valence-electron chi connectivity index (χ2n) is 9.11. The summed E-state index contributed by atoms with van der Waals surface area (Å²) in [4.78, 5) is 39.6. The number of methoxy groups -OCH3 is 2. The number of rotatable bonds is 9. The maximum atomic E-state index is 12.9. The highest BCUT2D eigenvalue weighted by molar-refractivity contribution is 6.21. The summed E-state index contributed by atoms with van der Waals surface area (Å²) in [5.41, 5.74) is 2.00. The zero-order valence-electron chi connectivity index (χ0n) is 21.2. The number of hydrogen-bond acceptors (Lipinski definition) is 7. The summed E-state index contributed by atoms with van der Waals surface area (Å²) in [5, 5.41) is 2.87. The van der Waals surface area contributed by atoms with Crippen LogP contribution < -0.4 is 19.5 Å². The Morgan fingerprint density at radius 1 is 0.947 bits per heavy atom. The SMILES string of the molecule is COc1ccc(CC(=O)Nc2cccc(Oc3ccc4c(c3)C(=O)N(CC3CCCO3)C4=O)c2)cc1OC. The van der Waals surface area contributed by atoms with Crippen molar-refractivity contribution in [3.8, 4) is 23.0 Å². The first-order valence-electron chi connectivity index (χ1n) is 12.4. The molecule has 1 N–H and O–H groups in total. The van der Waals surface area contributed by atoms with E-state index in [0.29, 0.717) is 46.4 Å². The number of carbonyl (C=O) groups is 3. The normalized spacial score (nSPS) is 16.4. The van der Waals surface area contributed by atoms with Crippen molar-refractivity contribution in [2.45, 2.75) is 25.4 Å². The lowest BCUT2D eigenvalue weighted by Gasteiger charge is -2.17. The number of ether oxygens (including phenoxy) is 4. The Labute approximate surface area is 220 Å². The summed E-state index contributed by atoms with van der Waals surface area (Å²) in [5.74, 6) is 1.17. The molecule has 0 aliphatic carbocycles. The monoisotopic (exact) mass is 516 g/mol. The van der Waals surface area contributed by atoms with Crippen LogP contribution >= 0.6 is 0 Å². The molecule has 1 atom stereocenters. The van der Waals surface area contributed by atoms with Gasteiger partial charge < -0.3 is 24.3 Å². The Bertz CT molecular complexity index is 1380. The molecule has 2 heterocycles. The summed E-state index contributed by atoms with van der Waals surface area (Å²) in [7, 11) is 3.10. The van der Waals surface area contributed by atoms with Gasteiger partial charge in [0.1, 0.15) is 11.5 Å². The third kappa shape index (κ3) is 5.33. The van der Waals surface area contributed by atoms with Gasteiger partial charge in [-0.3, -0.25) is 19.3 Å². The van der Waals surface area contributed by atoms with Gasteiger partial charge in [-0.25, -0.2) is 0 Å². The Balaban J connectivity index is 1.24. The lowest BCUT2D eigenvalue weighted by atomic mass is 10.1. The van der Waals surface area contributed by atoms with Gasteiger partial charge in [0.15, 0.2) is 11.5 Å². The molecule has 3 aromatic rings. The number of benzene rings is 3. The first-order valence-corrected chi connectivity index (χ1v) is 12.4. The fourth-order valence-electron chi connectivity index (χ4n) is 4.65. The van der Waals surface area contributed by atoms with Crippen LogP contribution in [0.25, 0.3) is 0 Å². The summed E-state index contributed by atoms with van der Waals surface area (Å²) in [6, 6.07) is 17.1. The fourth-order valence-corrected chi connectivity index (χ4v) is 4.65. The number of carbonyl (C=O) groups excluding carboxylic acids is 3. The van der Waals surface area contributed by atoms with Gasteiger partial charge in [-0.05, 0) is 60.9 Å². The maximum Gasteiger partial charge on any atom is 0.261 e. The minimum absolute atomic E-state index is 0.113. The van der Waals surface area contributed by atoms with Crippen molar-refractivity contribution in [2.75, 3.05) is 32.7 Å². The molecule has 196 valence electrons. The molecule has 0 aromatic heterocycles. The number of anilines is 1. The van der Waals surface area contributed by atoms with Crippen LogP contribution in [0.15, 0.2) is 60.7 Å². The van der Waals surface area contributed by atoms with Gasteiger partial charge in [0, 0.05) is 18.4 Å². The van der Waals surface area contributed by atoms with E-state index in [0.717, 1.165) is 18.4 Å². The van der Waals surface area contributed by atoms with E-state index in [1.54, 1.807) is 68.8 Å². The molecule has 9 nitrogen and oxygen atoms in total. The Kier molecular flexibility index (Phi) is 7.28. The average molecular weight is 517 g/mol.